The van der Waals surface area contributed by atoms with Crippen LogP contribution in [0.2, 0.25) is 5.02 Å². The smallest absolute Gasteiger partial charge is 0.191 e. The summed E-state index contributed by atoms with van der Waals surface area (Å²) in [6.45, 7) is 3.99. The van der Waals surface area contributed by atoms with Crippen molar-refractivity contribution in [2.24, 2.45) is 12.0 Å². The molecule has 0 fully saturated rings. The van der Waals surface area contributed by atoms with Crippen molar-refractivity contribution in [3.05, 3.63) is 40.4 Å². The molecule has 1 heterocycles. The Morgan fingerprint density at radius 1 is 1.28 bits per heavy atom. The lowest BCUT2D eigenvalue weighted by Gasteiger charge is -2.13. The number of aromatic nitrogens is 3. The number of rotatable bonds is 10. The van der Waals surface area contributed by atoms with Crippen molar-refractivity contribution in [2.45, 2.75) is 26.3 Å². The molecule has 1 aromatic carbocycles. The highest BCUT2D eigenvalue weighted by molar-refractivity contribution is 14.0. The number of nitrogens with zero attached hydrogens (tertiary/aromatic N) is 4. The Balaban J connectivity index is 0.00000420. The van der Waals surface area contributed by atoms with E-state index in [1.165, 1.54) is 0 Å². The average Bonchev–Trinajstić information content (AvgIpc) is 3.02. The van der Waals surface area contributed by atoms with Crippen molar-refractivity contribution in [3.8, 4) is 5.75 Å². The van der Waals surface area contributed by atoms with Crippen molar-refractivity contribution < 1.29 is 4.74 Å². The Hall–Kier alpha value is -1.20. The number of aryl methyl sites for hydroxylation is 1. The van der Waals surface area contributed by atoms with Crippen LogP contribution in [0.5, 0.6) is 5.75 Å². The number of ether oxygens (including phenoxy) is 1. The average molecular weight is 553 g/mol. The van der Waals surface area contributed by atoms with Crippen LogP contribution in [-0.4, -0.2) is 52.9 Å². The third-order valence-corrected chi connectivity index (χ3v) is 5.37. The molecule has 29 heavy (non-hydrogen) atoms. The van der Waals surface area contributed by atoms with Crippen LogP contribution in [-0.2, 0) is 20.0 Å². The summed E-state index contributed by atoms with van der Waals surface area (Å²) in [4.78, 5) is 4.66. The van der Waals surface area contributed by atoms with Gasteiger partial charge in [-0.25, -0.2) is 4.99 Å². The molecule has 2 aromatic rings. The zero-order chi connectivity index (χ0) is 20.4. The first-order chi connectivity index (χ1) is 13.5. The van der Waals surface area contributed by atoms with E-state index in [9.17, 15) is 0 Å². The fourth-order valence-electron chi connectivity index (χ4n) is 2.51. The lowest BCUT2D eigenvalue weighted by atomic mass is 10.1. The standard InChI is InChI=1S/C19H29ClN6OS.HI/c1-14-24-25-18(26(14)2)13-23-19(21-9-5-11-28-4)22-10-8-15-6-7-16(27-3)12-17(15)20;/h6-7,12H,5,8-11,13H2,1-4H3,(H2,21,22,23);1H. The van der Waals surface area contributed by atoms with Crippen LogP contribution in [0.4, 0.5) is 0 Å². The van der Waals surface area contributed by atoms with E-state index in [4.69, 9.17) is 16.3 Å². The summed E-state index contributed by atoms with van der Waals surface area (Å²) in [5.41, 5.74) is 1.07. The highest BCUT2D eigenvalue weighted by atomic mass is 127. The van der Waals surface area contributed by atoms with E-state index in [1.54, 1.807) is 7.11 Å². The Bertz CT molecular complexity index is 786. The summed E-state index contributed by atoms with van der Waals surface area (Å²) in [6.07, 6.45) is 3.98. The van der Waals surface area contributed by atoms with Crippen LogP contribution in [0.3, 0.4) is 0 Å². The third kappa shape index (κ3) is 8.59. The molecule has 10 heteroatoms. The second-order valence-electron chi connectivity index (χ2n) is 6.29. The Labute approximate surface area is 199 Å². The zero-order valence-electron chi connectivity index (χ0n) is 17.4. The van der Waals surface area contributed by atoms with Crippen LogP contribution < -0.4 is 15.4 Å². The van der Waals surface area contributed by atoms with Gasteiger partial charge in [-0.2, -0.15) is 11.8 Å². The molecule has 0 atom stereocenters. The van der Waals surface area contributed by atoms with E-state index in [2.05, 4.69) is 32.1 Å². The molecule has 1 aromatic heterocycles. The van der Waals surface area contributed by atoms with Gasteiger partial charge in [0.25, 0.3) is 0 Å². The molecule has 162 valence electrons. The van der Waals surface area contributed by atoms with Gasteiger partial charge in [-0.05, 0) is 49.5 Å². The van der Waals surface area contributed by atoms with E-state index in [1.807, 2.05) is 48.5 Å². The fraction of sp³-hybridized carbons (Fsp3) is 0.526. The van der Waals surface area contributed by atoms with E-state index in [0.29, 0.717) is 11.6 Å². The second kappa shape index (κ2) is 13.9. The number of nitrogens with one attached hydrogen (secondary N) is 2. The minimum absolute atomic E-state index is 0. The number of aliphatic imine (C=N–C) groups is 1. The molecule has 0 spiro atoms. The first kappa shape index (κ1) is 25.8. The summed E-state index contributed by atoms with van der Waals surface area (Å²) in [6, 6.07) is 5.75. The van der Waals surface area contributed by atoms with Crippen LogP contribution in [0.1, 0.15) is 23.6 Å². The van der Waals surface area contributed by atoms with E-state index >= 15 is 0 Å². The van der Waals surface area contributed by atoms with Crippen molar-refractivity contribution in [1.29, 1.82) is 0 Å². The van der Waals surface area contributed by atoms with Crippen LogP contribution in [0.15, 0.2) is 23.2 Å². The second-order valence-corrected chi connectivity index (χ2v) is 7.69. The molecule has 0 saturated heterocycles. The van der Waals surface area contributed by atoms with Crippen LogP contribution in [0.25, 0.3) is 0 Å². The van der Waals surface area contributed by atoms with Gasteiger partial charge < -0.3 is 19.9 Å². The molecular formula is C19H30ClIN6OS. The molecule has 7 nitrogen and oxygen atoms in total. The summed E-state index contributed by atoms with van der Waals surface area (Å²) in [5, 5.41) is 15.7. The lowest BCUT2D eigenvalue weighted by Crippen LogP contribution is -2.39. The molecule has 0 radical (unpaired) electrons. The molecule has 2 rings (SSSR count). The normalized spacial score (nSPS) is 11.1. The largest absolute Gasteiger partial charge is 0.497 e. The predicted octanol–water partition coefficient (Wildman–Crippen LogP) is 3.43. The maximum atomic E-state index is 6.33. The summed E-state index contributed by atoms with van der Waals surface area (Å²) in [7, 11) is 3.59. The Kier molecular flexibility index (Phi) is 12.4. The van der Waals surface area contributed by atoms with Crippen LogP contribution >= 0.6 is 47.3 Å². The molecule has 0 amide bonds. The number of hydrogen-bond donors (Lipinski definition) is 2. The van der Waals surface area contributed by atoms with Gasteiger partial charge in [0.2, 0.25) is 0 Å². The summed E-state index contributed by atoms with van der Waals surface area (Å²) < 4.78 is 7.15. The van der Waals surface area contributed by atoms with Crippen molar-refractivity contribution >= 4 is 53.3 Å². The molecule has 0 saturated carbocycles. The van der Waals surface area contributed by atoms with Crippen molar-refractivity contribution in [2.75, 3.05) is 32.2 Å². The minimum atomic E-state index is 0. The van der Waals surface area contributed by atoms with Gasteiger partial charge in [0.1, 0.15) is 18.1 Å². The van der Waals surface area contributed by atoms with Crippen molar-refractivity contribution in [3.63, 3.8) is 0 Å². The monoisotopic (exact) mass is 552 g/mol. The summed E-state index contributed by atoms with van der Waals surface area (Å²) >= 11 is 8.17. The molecule has 0 aliphatic rings. The zero-order valence-corrected chi connectivity index (χ0v) is 21.3. The Morgan fingerprint density at radius 2 is 2.03 bits per heavy atom. The number of halogens is 2. The fourth-order valence-corrected chi connectivity index (χ4v) is 3.21. The minimum Gasteiger partial charge on any atom is -0.497 e. The molecule has 0 aliphatic heterocycles. The topological polar surface area (TPSA) is 76.4 Å². The van der Waals surface area contributed by atoms with Gasteiger partial charge in [0.05, 0.1) is 7.11 Å². The van der Waals surface area contributed by atoms with Gasteiger partial charge in [-0.3, -0.25) is 0 Å². The number of thioether (sulfide) groups is 1. The SMILES string of the molecule is COc1ccc(CCNC(=NCc2nnc(C)n2C)NCCCSC)c(Cl)c1.I. The van der Waals surface area contributed by atoms with E-state index in [-0.39, 0.29) is 24.0 Å². The molecule has 0 unspecified atom stereocenters. The number of hydrogen-bond acceptors (Lipinski definition) is 5. The number of methoxy groups -OCH3 is 1. The maximum Gasteiger partial charge on any atom is 0.191 e. The third-order valence-electron chi connectivity index (χ3n) is 4.33. The predicted molar refractivity (Wildman–Crippen MR) is 133 cm³/mol. The van der Waals surface area contributed by atoms with Crippen molar-refractivity contribution in [1.82, 2.24) is 25.4 Å². The highest BCUT2D eigenvalue weighted by Gasteiger charge is 2.06. The maximum absolute atomic E-state index is 6.33. The molecule has 0 bridgehead atoms. The molecule has 0 aliphatic carbocycles. The first-order valence-electron chi connectivity index (χ1n) is 9.23. The first-order valence-corrected chi connectivity index (χ1v) is 11.0. The number of guanidine groups is 1. The van der Waals surface area contributed by atoms with Gasteiger partial charge in [-0.15, -0.1) is 34.2 Å². The molecular weight excluding hydrogens is 523 g/mol. The van der Waals surface area contributed by atoms with Gasteiger partial charge in [0, 0.05) is 25.2 Å². The lowest BCUT2D eigenvalue weighted by molar-refractivity contribution is 0.414. The van der Waals surface area contributed by atoms with E-state index < -0.39 is 0 Å². The number of benzene rings is 1. The quantitative estimate of drug-likeness (QED) is 0.204. The van der Waals surface area contributed by atoms with Gasteiger partial charge in [-0.1, -0.05) is 17.7 Å². The highest BCUT2D eigenvalue weighted by Crippen LogP contribution is 2.22. The van der Waals surface area contributed by atoms with Crippen LogP contribution in [0, 0.1) is 6.92 Å². The Morgan fingerprint density at radius 3 is 2.66 bits per heavy atom. The van der Waals surface area contributed by atoms with Gasteiger partial charge in [0.15, 0.2) is 11.8 Å². The summed E-state index contributed by atoms with van der Waals surface area (Å²) in [5.74, 6) is 4.36. The van der Waals surface area contributed by atoms with Gasteiger partial charge >= 0.3 is 0 Å². The molecule has 2 N–H and O–H groups in total. The van der Waals surface area contributed by atoms with E-state index in [0.717, 1.165) is 60.6 Å².